The van der Waals surface area contributed by atoms with Crippen LogP contribution < -0.4 is 4.74 Å². The Hall–Kier alpha value is -3.66. The molecule has 1 N–H and O–H groups in total. The molecule has 1 heterocycles. The van der Waals surface area contributed by atoms with E-state index in [0.29, 0.717) is 41.6 Å². The highest BCUT2D eigenvalue weighted by Gasteiger charge is 2.17. The second-order valence-electron chi connectivity index (χ2n) is 7.42. The molecule has 0 aliphatic heterocycles. The Morgan fingerprint density at radius 2 is 2.00 bits per heavy atom. The molecular weight excluding hydrogens is 394 g/mol. The average Bonchev–Trinajstić information content (AvgIpc) is 3.23. The first kappa shape index (κ1) is 22.0. The van der Waals surface area contributed by atoms with Crippen LogP contribution in [0.5, 0.6) is 5.75 Å². The Morgan fingerprint density at radius 3 is 2.68 bits per heavy atom. The van der Waals surface area contributed by atoms with Gasteiger partial charge in [0.05, 0.1) is 12.7 Å². The number of hydrogen-bond acceptors (Lipinski definition) is 5. The lowest BCUT2D eigenvalue weighted by Gasteiger charge is -2.12. The molecule has 0 saturated carbocycles. The van der Waals surface area contributed by atoms with Crippen molar-refractivity contribution in [3.8, 4) is 28.7 Å². The van der Waals surface area contributed by atoms with Crippen LogP contribution in [0.1, 0.15) is 44.7 Å². The standard InChI is InChI=1S/C24H25N3O4/c1-5-18-16(9-7-11-22(28)29)8-6-10-19(18)24-27-26-23(31-24)17-12-13-21(30-15(2)3)20(14-17)25-4/h6,8,10,12-15H,5,7,9,11H2,1-3H3,(H,28,29). The van der Waals surface area contributed by atoms with Gasteiger partial charge in [0.25, 0.3) is 0 Å². The molecule has 7 nitrogen and oxygen atoms in total. The predicted molar refractivity (Wildman–Crippen MR) is 117 cm³/mol. The molecule has 3 aromatic rings. The summed E-state index contributed by atoms with van der Waals surface area (Å²) < 4.78 is 11.6. The number of hydrogen-bond donors (Lipinski definition) is 1. The number of nitrogens with zero attached hydrogens (tertiary/aromatic N) is 3. The van der Waals surface area contributed by atoms with Crippen LogP contribution in [0.25, 0.3) is 27.8 Å². The van der Waals surface area contributed by atoms with E-state index in [0.717, 1.165) is 23.1 Å². The zero-order chi connectivity index (χ0) is 22.4. The van der Waals surface area contributed by atoms with Gasteiger partial charge in [0.1, 0.15) is 5.75 Å². The van der Waals surface area contributed by atoms with Crippen LogP contribution in [0.2, 0.25) is 0 Å². The Balaban J connectivity index is 1.90. The minimum absolute atomic E-state index is 0.0309. The maximum atomic E-state index is 10.8. The number of aryl methyl sites for hydroxylation is 1. The monoisotopic (exact) mass is 419 g/mol. The van der Waals surface area contributed by atoms with Crippen LogP contribution in [-0.4, -0.2) is 27.4 Å². The van der Waals surface area contributed by atoms with E-state index >= 15 is 0 Å². The van der Waals surface area contributed by atoms with Crippen molar-refractivity contribution in [1.82, 2.24) is 10.2 Å². The third-order valence-corrected chi connectivity index (χ3v) is 4.81. The fourth-order valence-corrected chi connectivity index (χ4v) is 3.46. The molecule has 0 bridgehead atoms. The Bertz CT molecular complexity index is 1110. The molecule has 0 aliphatic carbocycles. The van der Waals surface area contributed by atoms with Crippen molar-refractivity contribution < 1.29 is 19.1 Å². The van der Waals surface area contributed by atoms with Crippen molar-refractivity contribution in [3.63, 3.8) is 0 Å². The molecule has 0 atom stereocenters. The molecule has 0 unspecified atom stereocenters. The smallest absolute Gasteiger partial charge is 0.303 e. The normalized spacial score (nSPS) is 10.8. The molecule has 0 radical (unpaired) electrons. The minimum atomic E-state index is -0.792. The van der Waals surface area contributed by atoms with E-state index in [1.807, 2.05) is 39.0 Å². The highest BCUT2D eigenvalue weighted by atomic mass is 16.5. The third-order valence-electron chi connectivity index (χ3n) is 4.81. The van der Waals surface area contributed by atoms with Crippen LogP contribution in [0.3, 0.4) is 0 Å². The fraction of sp³-hybridized carbons (Fsp3) is 0.333. The molecule has 0 aliphatic rings. The molecule has 0 saturated heterocycles. The SMILES string of the molecule is [C-]#[N+]c1cc(-c2nnc(-c3cccc(CCCC(=O)O)c3CC)o2)ccc1OC(C)C. The van der Waals surface area contributed by atoms with Gasteiger partial charge in [-0.05, 0) is 68.5 Å². The molecule has 160 valence electrons. The van der Waals surface area contributed by atoms with E-state index in [-0.39, 0.29) is 12.5 Å². The van der Waals surface area contributed by atoms with Gasteiger partial charge in [-0.1, -0.05) is 19.1 Å². The number of ether oxygens (including phenoxy) is 1. The van der Waals surface area contributed by atoms with Crippen LogP contribution in [-0.2, 0) is 17.6 Å². The van der Waals surface area contributed by atoms with E-state index in [9.17, 15) is 4.79 Å². The van der Waals surface area contributed by atoms with Gasteiger partial charge in [-0.15, -0.1) is 10.2 Å². The van der Waals surface area contributed by atoms with Crippen LogP contribution in [0.4, 0.5) is 5.69 Å². The fourth-order valence-electron chi connectivity index (χ4n) is 3.46. The van der Waals surface area contributed by atoms with Crippen LogP contribution in [0, 0.1) is 6.57 Å². The molecular formula is C24H25N3O4. The van der Waals surface area contributed by atoms with E-state index in [1.165, 1.54) is 0 Å². The summed E-state index contributed by atoms with van der Waals surface area (Å²) in [4.78, 5) is 14.4. The largest absolute Gasteiger partial charge is 0.502 e. The second kappa shape index (κ2) is 9.90. The number of carbonyl (C=O) groups is 1. The molecule has 0 amide bonds. The van der Waals surface area contributed by atoms with Crippen molar-refractivity contribution in [2.75, 3.05) is 0 Å². The quantitative estimate of drug-likeness (QED) is 0.447. The van der Waals surface area contributed by atoms with Gasteiger partial charge < -0.3 is 14.3 Å². The van der Waals surface area contributed by atoms with Gasteiger partial charge in [-0.2, -0.15) is 0 Å². The first-order valence-electron chi connectivity index (χ1n) is 10.3. The number of aliphatic carboxylic acids is 1. The lowest BCUT2D eigenvalue weighted by Crippen LogP contribution is -2.05. The Morgan fingerprint density at radius 1 is 1.23 bits per heavy atom. The minimum Gasteiger partial charge on any atom is -0.502 e. The summed E-state index contributed by atoms with van der Waals surface area (Å²) in [6, 6.07) is 11.1. The number of carboxylic acid groups (broad SMARTS) is 1. The second-order valence-corrected chi connectivity index (χ2v) is 7.42. The number of benzene rings is 2. The van der Waals surface area contributed by atoms with Gasteiger partial charge >= 0.3 is 5.97 Å². The van der Waals surface area contributed by atoms with E-state index in [2.05, 4.69) is 15.0 Å². The van der Waals surface area contributed by atoms with Crippen LogP contribution in [0.15, 0.2) is 40.8 Å². The number of aromatic nitrogens is 2. The zero-order valence-corrected chi connectivity index (χ0v) is 17.9. The van der Waals surface area contributed by atoms with E-state index < -0.39 is 5.97 Å². The third kappa shape index (κ3) is 5.28. The predicted octanol–water partition coefficient (Wildman–Crippen LogP) is 5.71. The lowest BCUT2D eigenvalue weighted by atomic mass is 9.95. The first-order chi connectivity index (χ1) is 14.9. The lowest BCUT2D eigenvalue weighted by molar-refractivity contribution is -0.137. The van der Waals surface area contributed by atoms with Gasteiger partial charge in [0.2, 0.25) is 17.5 Å². The molecule has 31 heavy (non-hydrogen) atoms. The van der Waals surface area contributed by atoms with Crippen molar-refractivity contribution in [2.45, 2.75) is 52.6 Å². The topological polar surface area (TPSA) is 89.8 Å². The van der Waals surface area contributed by atoms with Gasteiger partial charge in [0.15, 0.2) is 0 Å². The Kier molecular flexibility index (Phi) is 7.03. The Labute approximate surface area is 181 Å². The van der Waals surface area contributed by atoms with Gasteiger partial charge in [-0.25, -0.2) is 4.85 Å². The highest BCUT2D eigenvalue weighted by molar-refractivity contribution is 5.69. The molecule has 1 aromatic heterocycles. The molecule has 0 spiro atoms. The first-order valence-corrected chi connectivity index (χ1v) is 10.3. The number of carboxylic acids is 1. The van der Waals surface area contributed by atoms with E-state index in [1.54, 1.807) is 18.2 Å². The molecule has 3 rings (SSSR count). The van der Waals surface area contributed by atoms with Crippen molar-refractivity contribution in [1.29, 1.82) is 0 Å². The summed E-state index contributed by atoms with van der Waals surface area (Å²) in [7, 11) is 0. The summed E-state index contributed by atoms with van der Waals surface area (Å²) in [5, 5.41) is 17.3. The number of rotatable bonds is 9. The van der Waals surface area contributed by atoms with Gasteiger partial charge in [0, 0.05) is 17.5 Å². The van der Waals surface area contributed by atoms with Crippen molar-refractivity contribution >= 4 is 11.7 Å². The highest BCUT2D eigenvalue weighted by Crippen LogP contribution is 2.35. The summed E-state index contributed by atoms with van der Waals surface area (Å²) in [5.74, 6) is 0.461. The molecule has 7 heteroatoms. The summed E-state index contributed by atoms with van der Waals surface area (Å²) >= 11 is 0. The maximum absolute atomic E-state index is 10.8. The summed E-state index contributed by atoms with van der Waals surface area (Å²) in [6.45, 7) is 13.3. The van der Waals surface area contributed by atoms with Crippen molar-refractivity contribution in [3.05, 3.63) is 58.9 Å². The summed E-state index contributed by atoms with van der Waals surface area (Å²) in [6.07, 6.45) is 2.12. The molecule has 0 fully saturated rings. The molecule has 2 aromatic carbocycles. The van der Waals surface area contributed by atoms with Gasteiger partial charge in [-0.3, -0.25) is 4.79 Å². The van der Waals surface area contributed by atoms with Crippen LogP contribution >= 0.6 is 0 Å². The maximum Gasteiger partial charge on any atom is 0.303 e. The van der Waals surface area contributed by atoms with Crippen molar-refractivity contribution in [2.24, 2.45) is 0 Å². The summed E-state index contributed by atoms with van der Waals surface area (Å²) in [5.41, 5.74) is 4.05. The zero-order valence-electron chi connectivity index (χ0n) is 17.9. The average molecular weight is 419 g/mol. The van der Waals surface area contributed by atoms with E-state index in [4.69, 9.17) is 20.8 Å².